The molecule has 0 unspecified atom stereocenters. The van der Waals surface area contributed by atoms with Crippen molar-refractivity contribution in [2.24, 2.45) is 5.73 Å². The SMILES string of the molecule is COc1cccc(N(C)c2ccccc2[C@@H](C)N)c1. The summed E-state index contributed by atoms with van der Waals surface area (Å²) in [6.07, 6.45) is 0. The van der Waals surface area contributed by atoms with Crippen molar-refractivity contribution in [2.75, 3.05) is 19.1 Å². The monoisotopic (exact) mass is 256 g/mol. The van der Waals surface area contributed by atoms with Gasteiger partial charge >= 0.3 is 0 Å². The molecule has 0 bridgehead atoms. The third-order valence-electron chi connectivity index (χ3n) is 3.23. The highest BCUT2D eigenvalue weighted by atomic mass is 16.5. The second kappa shape index (κ2) is 5.76. The topological polar surface area (TPSA) is 38.5 Å². The lowest BCUT2D eigenvalue weighted by molar-refractivity contribution is 0.415. The van der Waals surface area contributed by atoms with Gasteiger partial charge in [-0.15, -0.1) is 0 Å². The Hall–Kier alpha value is -2.00. The van der Waals surface area contributed by atoms with Crippen LogP contribution < -0.4 is 15.4 Å². The van der Waals surface area contributed by atoms with Crippen LogP contribution in [0.3, 0.4) is 0 Å². The highest BCUT2D eigenvalue weighted by molar-refractivity contribution is 5.67. The molecule has 0 heterocycles. The second-order valence-electron chi connectivity index (χ2n) is 4.61. The van der Waals surface area contributed by atoms with Crippen molar-refractivity contribution in [3.63, 3.8) is 0 Å². The number of rotatable bonds is 4. The van der Waals surface area contributed by atoms with E-state index in [9.17, 15) is 0 Å². The van der Waals surface area contributed by atoms with Crippen molar-refractivity contribution in [3.8, 4) is 5.75 Å². The first-order valence-electron chi connectivity index (χ1n) is 6.35. The van der Waals surface area contributed by atoms with Gasteiger partial charge in [-0.3, -0.25) is 0 Å². The van der Waals surface area contributed by atoms with Crippen LogP contribution in [-0.4, -0.2) is 14.2 Å². The zero-order valence-corrected chi connectivity index (χ0v) is 11.6. The zero-order valence-electron chi connectivity index (χ0n) is 11.6. The van der Waals surface area contributed by atoms with Crippen molar-refractivity contribution in [1.82, 2.24) is 0 Å². The lowest BCUT2D eigenvalue weighted by Gasteiger charge is -2.24. The molecule has 0 aliphatic carbocycles. The first-order chi connectivity index (χ1) is 9.13. The van der Waals surface area contributed by atoms with Crippen LogP contribution >= 0.6 is 0 Å². The molecule has 0 aliphatic rings. The normalized spacial score (nSPS) is 12.0. The van der Waals surface area contributed by atoms with E-state index in [0.29, 0.717) is 0 Å². The maximum absolute atomic E-state index is 6.04. The van der Waals surface area contributed by atoms with Crippen LogP contribution in [0, 0.1) is 0 Å². The first kappa shape index (κ1) is 13.4. The summed E-state index contributed by atoms with van der Waals surface area (Å²) in [5.74, 6) is 0.850. The molecule has 0 aromatic heterocycles. The molecule has 2 N–H and O–H groups in total. The molecule has 0 amide bonds. The molecular formula is C16H20N2O. The molecule has 3 heteroatoms. The molecule has 19 heavy (non-hydrogen) atoms. The number of methoxy groups -OCH3 is 1. The molecule has 0 fully saturated rings. The third-order valence-corrected chi connectivity index (χ3v) is 3.23. The van der Waals surface area contributed by atoms with Gasteiger partial charge in [0.05, 0.1) is 7.11 Å². The van der Waals surface area contributed by atoms with Crippen LogP contribution in [0.25, 0.3) is 0 Å². The fourth-order valence-electron chi connectivity index (χ4n) is 2.14. The van der Waals surface area contributed by atoms with Gasteiger partial charge in [0.15, 0.2) is 0 Å². The Kier molecular flexibility index (Phi) is 4.07. The van der Waals surface area contributed by atoms with E-state index in [1.165, 1.54) is 0 Å². The summed E-state index contributed by atoms with van der Waals surface area (Å²) < 4.78 is 5.27. The minimum Gasteiger partial charge on any atom is -0.497 e. The Morgan fingerprint density at radius 3 is 2.53 bits per heavy atom. The molecule has 2 rings (SSSR count). The molecule has 0 saturated heterocycles. The summed E-state index contributed by atoms with van der Waals surface area (Å²) in [7, 11) is 3.71. The van der Waals surface area contributed by atoms with Crippen LogP contribution in [0.4, 0.5) is 11.4 Å². The zero-order chi connectivity index (χ0) is 13.8. The molecule has 0 aliphatic heterocycles. The van der Waals surface area contributed by atoms with Gasteiger partial charge in [0.1, 0.15) is 5.75 Å². The summed E-state index contributed by atoms with van der Waals surface area (Å²) in [4.78, 5) is 2.13. The van der Waals surface area contributed by atoms with Gasteiger partial charge in [-0.25, -0.2) is 0 Å². The molecule has 1 atom stereocenters. The lowest BCUT2D eigenvalue weighted by atomic mass is 10.1. The van der Waals surface area contributed by atoms with Gasteiger partial charge in [0.2, 0.25) is 0 Å². The standard InChI is InChI=1S/C16H20N2O/c1-12(17)15-9-4-5-10-16(15)18(2)13-7-6-8-14(11-13)19-3/h4-12H,17H2,1-3H3/t12-/m1/s1. The number of hydrogen-bond acceptors (Lipinski definition) is 3. The van der Waals surface area contributed by atoms with E-state index < -0.39 is 0 Å². The van der Waals surface area contributed by atoms with Crippen LogP contribution in [0.1, 0.15) is 18.5 Å². The quantitative estimate of drug-likeness (QED) is 0.910. The van der Waals surface area contributed by atoms with E-state index in [-0.39, 0.29) is 6.04 Å². The average Bonchev–Trinajstić information content (AvgIpc) is 2.46. The van der Waals surface area contributed by atoms with Crippen LogP contribution in [0.15, 0.2) is 48.5 Å². The van der Waals surface area contributed by atoms with Crippen LogP contribution in [-0.2, 0) is 0 Å². The highest BCUT2D eigenvalue weighted by Gasteiger charge is 2.11. The van der Waals surface area contributed by atoms with Crippen molar-refractivity contribution in [3.05, 3.63) is 54.1 Å². The van der Waals surface area contributed by atoms with E-state index in [0.717, 1.165) is 22.7 Å². The lowest BCUT2D eigenvalue weighted by Crippen LogP contribution is -2.15. The summed E-state index contributed by atoms with van der Waals surface area (Å²) in [5.41, 5.74) is 9.36. The van der Waals surface area contributed by atoms with Crippen molar-refractivity contribution < 1.29 is 4.74 Å². The van der Waals surface area contributed by atoms with Crippen molar-refractivity contribution in [2.45, 2.75) is 13.0 Å². The first-order valence-corrected chi connectivity index (χ1v) is 6.35. The number of hydrogen-bond donors (Lipinski definition) is 1. The summed E-state index contributed by atoms with van der Waals surface area (Å²) in [6.45, 7) is 2.00. The molecule has 0 spiro atoms. The number of benzene rings is 2. The fourth-order valence-corrected chi connectivity index (χ4v) is 2.14. The van der Waals surface area contributed by atoms with E-state index in [2.05, 4.69) is 23.1 Å². The van der Waals surface area contributed by atoms with Crippen molar-refractivity contribution in [1.29, 1.82) is 0 Å². The maximum Gasteiger partial charge on any atom is 0.120 e. The van der Waals surface area contributed by atoms with Gasteiger partial charge in [-0.2, -0.15) is 0 Å². The van der Waals surface area contributed by atoms with E-state index in [1.54, 1.807) is 7.11 Å². The minimum atomic E-state index is 0.00394. The molecular weight excluding hydrogens is 236 g/mol. The van der Waals surface area contributed by atoms with Crippen LogP contribution in [0.5, 0.6) is 5.75 Å². The van der Waals surface area contributed by atoms with Crippen molar-refractivity contribution >= 4 is 11.4 Å². The van der Waals surface area contributed by atoms with E-state index in [1.807, 2.05) is 44.3 Å². The summed E-state index contributed by atoms with van der Waals surface area (Å²) in [5, 5.41) is 0. The Labute approximate surface area is 114 Å². The Bertz CT molecular complexity index is 552. The third kappa shape index (κ3) is 2.88. The van der Waals surface area contributed by atoms with E-state index >= 15 is 0 Å². The summed E-state index contributed by atoms with van der Waals surface area (Å²) >= 11 is 0. The van der Waals surface area contributed by atoms with Gasteiger partial charge in [-0.1, -0.05) is 24.3 Å². The number of ether oxygens (including phenoxy) is 1. The Morgan fingerprint density at radius 2 is 1.84 bits per heavy atom. The van der Waals surface area contributed by atoms with E-state index in [4.69, 9.17) is 10.5 Å². The second-order valence-corrected chi connectivity index (χ2v) is 4.61. The Balaban J connectivity index is 2.40. The smallest absolute Gasteiger partial charge is 0.120 e. The molecule has 3 nitrogen and oxygen atoms in total. The molecule has 2 aromatic carbocycles. The van der Waals surface area contributed by atoms with Crippen LogP contribution in [0.2, 0.25) is 0 Å². The molecule has 100 valence electrons. The Morgan fingerprint density at radius 1 is 1.11 bits per heavy atom. The van der Waals surface area contributed by atoms with Gasteiger partial charge in [-0.05, 0) is 30.7 Å². The molecule has 0 saturated carbocycles. The minimum absolute atomic E-state index is 0.00394. The number of anilines is 2. The molecule has 0 radical (unpaired) electrons. The predicted octanol–water partition coefficient (Wildman–Crippen LogP) is 3.48. The van der Waals surface area contributed by atoms with Gasteiger partial charge in [0.25, 0.3) is 0 Å². The number of nitrogens with zero attached hydrogens (tertiary/aromatic N) is 1. The van der Waals surface area contributed by atoms with Gasteiger partial charge in [0, 0.05) is 30.5 Å². The molecule has 2 aromatic rings. The average molecular weight is 256 g/mol. The predicted molar refractivity (Wildman–Crippen MR) is 80.1 cm³/mol. The number of para-hydroxylation sites is 1. The summed E-state index contributed by atoms with van der Waals surface area (Å²) in [6, 6.07) is 16.2. The maximum atomic E-state index is 6.04. The highest BCUT2D eigenvalue weighted by Crippen LogP contribution is 2.31. The number of nitrogens with two attached hydrogens (primary N) is 1. The van der Waals surface area contributed by atoms with Gasteiger partial charge < -0.3 is 15.4 Å². The largest absolute Gasteiger partial charge is 0.497 e. The fraction of sp³-hybridized carbons (Fsp3) is 0.250.